The van der Waals surface area contributed by atoms with Gasteiger partial charge in [-0.05, 0) is 29.9 Å². The number of hydrogen-bond donors (Lipinski definition) is 1. The Balaban J connectivity index is 1.98. The van der Waals surface area contributed by atoms with Gasteiger partial charge >= 0.3 is 0 Å². The Hall–Kier alpha value is -1.31. The van der Waals surface area contributed by atoms with Crippen molar-refractivity contribution in [1.29, 1.82) is 0 Å². The third kappa shape index (κ3) is 1.14. The molecule has 2 nitrogen and oxygen atoms in total. The molecule has 1 fully saturated rings. The zero-order valence-electron chi connectivity index (χ0n) is 8.11. The standard InChI is InChI=1S/C12H14N2/c1-2-7-11-10(4-1)8-13-14-12(11)9-5-3-6-9/h1-2,4,7-9,12,14H,3,5-6H2/t12-/m0/s1. The van der Waals surface area contributed by atoms with Crippen LogP contribution in [0.25, 0.3) is 0 Å². The minimum Gasteiger partial charge on any atom is -0.302 e. The minimum atomic E-state index is 0.463. The smallest absolute Gasteiger partial charge is 0.0723 e. The summed E-state index contributed by atoms with van der Waals surface area (Å²) in [6.45, 7) is 0. The number of hydrazone groups is 1. The van der Waals surface area contributed by atoms with Gasteiger partial charge in [0.05, 0.1) is 12.3 Å². The van der Waals surface area contributed by atoms with Crippen molar-refractivity contribution >= 4 is 6.21 Å². The molecular formula is C12H14N2. The van der Waals surface area contributed by atoms with Gasteiger partial charge in [-0.2, -0.15) is 5.10 Å². The van der Waals surface area contributed by atoms with Crippen molar-refractivity contribution in [3.63, 3.8) is 0 Å². The van der Waals surface area contributed by atoms with Gasteiger partial charge in [-0.15, -0.1) is 0 Å². The van der Waals surface area contributed by atoms with Gasteiger partial charge in [-0.25, -0.2) is 0 Å². The van der Waals surface area contributed by atoms with Gasteiger partial charge in [0.2, 0.25) is 0 Å². The van der Waals surface area contributed by atoms with Crippen molar-refractivity contribution in [3.05, 3.63) is 35.4 Å². The van der Waals surface area contributed by atoms with E-state index < -0.39 is 0 Å². The molecule has 72 valence electrons. The number of rotatable bonds is 1. The van der Waals surface area contributed by atoms with Gasteiger partial charge in [0.15, 0.2) is 0 Å². The van der Waals surface area contributed by atoms with Crippen LogP contribution in [0.5, 0.6) is 0 Å². The molecule has 1 aromatic carbocycles. The number of benzene rings is 1. The van der Waals surface area contributed by atoms with E-state index in [-0.39, 0.29) is 0 Å². The Morgan fingerprint density at radius 2 is 2.07 bits per heavy atom. The minimum absolute atomic E-state index is 0.463. The lowest BCUT2D eigenvalue weighted by molar-refractivity contribution is 0.231. The van der Waals surface area contributed by atoms with E-state index in [1.807, 2.05) is 6.21 Å². The summed E-state index contributed by atoms with van der Waals surface area (Å²) in [4.78, 5) is 0. The van der Waals surface area contributed by atoms with E-state index in [0.29, 0.717) is 6.04 Å². The number of nitrogens with one attached hydrogen (secondary N) is 1. The molecule has 1 heterocycles. The van der Waals surface area contributed by atoms with E-state index in [2.05, 4.69) is 34.8 Å². The van der Waals surface area contributed by atoms with Gasteiger partial charge in [-0.3, -0.25) is 0 Å². The summed E-state index contributed by atoms with van der Waals surface area (Å²) in [5.74, 6) is 0.800. The summed E-state index contributed by atoms with van der Waals surface area (Å²) in [5.41, 5.74) is 5.95. The second-order valence-electron chi connectivity index (χ2n) is 4.18. The van der Waals surface area contributed by atoms with Crippen molar-refractivity contribution in [3.8, 4) is 0 Å². The maximum absolute atomic E-state index is 4.23. The molecule has 0 saturated heterocycles. The molecule has 1 aliphatic carbocycles. The molecule has 0 amide bonds. The molecule has 0 bridgehead atoms. The molecule has 14 heavy (non-hydrogen) atoms. The average molecular weight is 186 g/mol. The van der Waals surface area contributed by atoms with Crippen molar-refractivity contribution < 1.29 is 0 Å². The van der Waals surface area contributed by atoms with E-state index in [9.17, 15) is 0 Å². The van der Waals surface area contributed by atoms with Gasteiger partial charge in [0.1, 0.15) is 0 Å². The second kappa shape index (κ2) is 3.12. The molecule has 2 heteroatoms. The van der Waals surface area contributed by atoms with Crippen LogP contribution in [0.2, 0.25) is 0 Å². The van der Waals surface area contributed by atoms with E-state index >= 15 is 0 Å². The molecule has 1 aliphatic heterocycles. The van der Waals surface area contributed by atoms with Crippen molar-refractivity contribution in [1.82, 2.24) is 5.43 Å². The summed E-state index contributed by atoms with van der Waals surface area (Å²) in [7, 11) is 0. The van der Waals surface area contributed by atoms with Crippen molar-refractivity contribution in [2.45, 2.75) is 25.3 Å². The van der Waals surface area contributed by atoms with Crippen LogP contribution in [0.4, 0.5) is 0 Å². The van der Waals surface area contributed by atoms with E-state index in [0.717, 1.165) is 5.92 Å². The average Bonchev–Trinajstić information content (AvgIpc) is 2.16. The quantitative estimate of drug-likeness (QED) is 0.715. The Kier molecular flexibility index (Phi) is 1.79. The molecule has 1 aromatic rings. The van der Waals surface area contributed by atoms with Crippen LogP contribution in [0.1, 0.15) is 36.4 Å². The lowest BCUT2D eigenvalue weighted by Crippen LogP contribution is -2.32. The summed E-state index contributed by atoms with van der Waals surface area (Å²) in [5, 5.41) is 4.23. The van der Waals surface area contributed by atoms with Gasteiger partial charge in [0.25, 0.3) is 0 Å². The highest BCUT2D eigenvalue weighted by molar-refractivity contribution is 5.82. The molecule has 2 aliphatic rings. The fourth-order valence-corrected chi connectivity index (χ4v) is 2.30. The molecule has 0 radical (unpaired) electrons. The van der Waals surface area contributed by atoms with Crippen LogP contribution in [0.3, 0.4) is 0 Å². The zero-order valence-corrected chi connectivity index (χ0v) is 8.11. The SMILES string of the molecule is C1=NN[C@@H](C2CCC2)c2ccccc21. The normalized spacial score (nSPS) is 25.0. The van der Waals surface area contributed by atoms with Gasteiger partial charge in [0, 0.05) is 0 Å². The van der Waals surface area contributed by atoms with E-state index in [1.165, 1.54) is 30.4 Å². The van der Waals surface area contributed by atoms with Crippen molar-refractivity contribution in [2.75, 3.05) is 0 Å². The summed E-state index contributed by atoms with van der Waals surface area (Å²) >= 11 is 0. The monoisotopic (exact) mass is 186 g/mol. The molecule has 0 unspecified atom stereocenters. The van der Waals surface area contributed by atoms with Crippen LogP contribution in [0, 0.1) is 5.92 Å². The summed E-state index contributed by atoms with van der Waals surface area (Å²) in [6, 6.07) is 9.02. The summed E-state index contributed by atoms with van der Waals surface area (Å²) < 4.78 is 0. The fraction of sp³-hybridized carbons (Fsp3) is 0.417. The highest BCUT2D eigenvalue weighted by atomic mass is 15.3. The second-order valence-corrected chi connectivity index (χ2v) is 4.18. The van der Waals surface area contributed by atoms with Crippen LogP contribution in [0.15, 0.2) is 29.4 Å². The van der Waals surface area contributed by atoms with E-state index in [1.54, 1.807) is 0 Å². The number of hydrogen-bond acceptors (Lipinski definition) is 2. The summed E-state index contributed by atoms with van der Waals surface area (Å²) in [6.07, 6.45) is 6.00. The lowest BCUT2D eigenvalue weighted by Gasteiger charge is -2.35. The molecule has 0 spiro atoms. The molecule has 1 N–H and O–H groups in total. The third-order valence-corrected chi connectivity index (χ3v) is 3.37. The van der Waals surface area contributed by atoms with Crippen LogP contribution >= 0.6 is 0 Å². The van der Waals surface area contributed by atoms with Gasteiger partial charge in [-0.1, -0.05) is 30.7 Å². The number of fused-ring (bicyclic) bond motifs is 1. The number of nitrogens with zero attached hydrogens (tertiary/aromatic N) is 1. The maximum atomic E-state index is 4.23. The topological polar surface area (TPSA) is 24.4 Å². The predicted octanol–water partition coefficient (Wildman–Crippen LogP) is 2.46. The molecule has 0 aromatic heterocycles. The first-order valence-corrected chi connectivity index (χ1v) is 5.33. The fourth-order valence-electron chi connectivity index (χ4n) is 2.30. The zero-order chi connectivity index (χ0) is 9.38. The maximum Gasteiger partial charge on any atom is 0.0723 e. The highest BCUT2D eigenvalue weighted by Gasteiger charge is 2.30. The van der Waals surface area contributed by atoms with Gasteiger partial charge < -0.3 is 5.43 Å². The molecular weight excluding hydrogens is 172 g/mol. The first-order valence-electron chi connectivity index (χ1n) is 5.33. The Labute approximate surface area is 84.0 Å². The largest absolute Gasteiger partial charge is 0.302 e. The lowest BCUT2D eigenvalue weighted by atomic mass is 9.76. The molecule has 3 rings (SSSR count). The van der Waals surface area contributed by atoms with Crippen LogP contribution in [-0.2, 0) is 0 Å². The Morgan fingerprint density at radius 1 is 1.21 bits per heavy atom. The third-order valence-electron chi connectivity index (χ3n) is 3.37. The Morgan fingerprint density at radius 3 is 2.86 bits per heavy atom. The molecule has 1 atom stereocenters. The van der Waals surface area contributed by atoms with Crippen molar-refractivity contribution in [2.24, 2.45) is 11.0 Å². The predicted molar refractivity (Wildman–Crippen MR) is 57.3 cm³/mol. The highest BCUT2D eigenvalue weighted by Crippen LogP contribution is 2.39. The first-order chi connectivity index (χ1) is 6.95. The Bertz CT molecular complexity index is 366. The van der Waals surface area contributed by atoms with Crippen LogP contribution < -0.4 is 5.43 Å². The first kappa shape index (κ1) is 8.04. The van der Waals surface area contributed by atoms with Crippen LogP contribution in [-0.4, -0.2) is 6.21 Å². The van der Waals surface area contributed by atoms with E-state index in [4.69, 9.17) is 0 Å². The molecule has 1 saturated carbocycles.